The Morgan fingerprint density at radius 2 is 1.90 bits per heavy atom. The molecule has 0 aromatic heterocycles. The van der Waals surface area contributed by atoms with E-state index in [1.54, 1.807) is 0 Å². The van der Waals surface area contributed by atoms with Crippen LogP contribution in [0.2, 0.25) is 0 Å². The molecule has 3 aliphatic heterocycles. The number of nitrogens with one attached hydrogen (secondary N) is 2. The topological polar surface area (TPSA) is 36.5 Å². The van der Waals surface area contributed by atoms with E-state index in [9.17, 15) is 17.6 Å². The molecule has 0 radical (unpaired) electrons. The lowest BCUT2D eigenvalue weighted by atomic mass is 9.89. The zero-order valence-corrected chi connectivity index (χ0v) is 15.6. The van der Waals surface area contributed by atoms with E-state index in [0.717, 1.165) is 36.8 Å². The third-order valence-corrected chi connectivity index (χ3v) is 6.12. The lowest BCUT2D eigenvalue weighted by Gasteiger charge is -2.33. The molecule has 3 aliphatic rings. The molecule has 2 aromatic rings. The van der Waals surface area contributed by atoms with Gasteiger partial charge < -0.3 is 20.3 Å². The molecule has 2 aromatic carbocycles. The van der Waals surface area contributed by atoms with Crippen LogP contribution < -0.4 is 15.5 Å². The Balaban J connectivity index is 1.53. The van der Waals surface area contributed by atoms with Gasteiger partial charge in [0.15, 0.2) is 12.0 Å². The zero-order chi connectivity index (χ0) is 20.2. The fraction of sp³-hybridized carbons (Fsp3) is 0.429. The maximum atomic E-state index is 14.6. The lowest BCUT2D eigenvalue weighted by molar-refractivity contribution is -0.139. The van der Waals surface area contributed by atoms with Crippen LogP contribution in [-0.2, 0) is 10.9 Å². The number of hydrogen-bond acceptors (Lipinski definition) is 4. The molecule has 1 fully saturated rings. The van der Waals surface area contributed by atoms with Gasteiger partial charge in [-0.25, -0.2) is 4.39 Å². The van der Waals surface area contributed by atoms with E-state index < -0.39 is 23.8 Å². The molecule has 29 heavy (non-hydrogen) atoms. The van der Waals surface area contributed by atoms with Gasteiger partial charge in [0.2, 0.25) is 0 Å². The van der Waals surface area contributed by atoms with Crippen molar-refractivity contribution >= 4 is 11.4 Å². The molecule has 8 heteroatoms. The van der Waals surface area contributed by atoms with E-state index in [1.165, 1.54) is 17.7 Å². The number of para-hydroxylation sites is 1. The van der Waals surface area contributed by atoms with Crippen molar-refractivity contribution in [2.45, 2.75) is 30.8 Å². The summed E-state index contributed by atoms with van der Waals surface area (Å²) in [5, 5.41) is 6.32. The number of piperidine rings is 1. The molecule has 1 saturated heterocycles. The van der Waals surface area contributed by atoms with Crippen LogP contribution in [0.5, 0.6) is 0 Å². The maximum absolute atomic E-state index is 14.6. The van der Waals surface area contributed by atoms with Crippen LogP contribution in [-0.4, -0.2) is 32.3 Å². The van der Waals surface area contributed by atoms with Crippen molar-refractivity contribution in [1.82, 2.24) is 5.32 Å². The predicted molar refractivity (Wildman–Crippen MR) is 102 cm³/mol. The average molecular weight is 407 g/mol. The standard InChI is InChI=1S/C21H21F4N3O/c22-18-15(21(23,24)25)5-2-6-16(18)27-20-13-4-1-3-12-14-11-26-8-7-17(14)28(19(12)13)9-10-29-20/h1-6,14,17,20,26-27H,7-11H2/t14-,17-,20?/m0/s1. The Bertz CT molecular complexity index is 933. The van der Waals surface area contributed by atoms with Crippen molar-refractivity contribution in [3.8, 4) is 0 Å². The first-order valence-electron chi connectivity index (χ1n) is 9.79. The molecule has 3 heterocycles. The molecule has 0 saturated carbocycles. The van der Waals surface area contributed by atoms with Gasteiger partial charge in [-0.3, -0.25) is 0 Å². The maximum Gasteiger partial charge on any atom is 0.419 e. The Labute approximate surface area is 165 Å². The molecule has 4 nitrogen and oxygen atoms in total. The molecular formula is C21H21F4N3O. The van der Waals surface area contributed by atoms with Crippen LogP contribution in [0.4, 0.5) is 28.9 Å². The highest BCUT2D eigenvalue weighted by Crippen LogP contribution is 2.48. The van der Waals surface area contributed by atoms with Gasteiger partial charge in [-0.2, -0.15) is 13.2 Å². The van der Waals surface area contributed by atoms with Gasteiger partial charge in [0.05, 0.1) is 17.9 Å². The van der Waals surface area contributed by atoms with E-state index in [1.807, 2.05) is 12.1 Å². The summed E-state index contributed by atoms with van der Waals surface area (Å²) in [6, 6.07) is 9.60. The smallest absolute Gasteiger partial charge is 0.365 e. The number of fused-ring (bicyclic) bond motifs is 3. The first kappa shape index (κ1) is 18.7. The first-order valence-corrected chi connectivity index (χ1v) is 9.79. The van der Waals surface area contributed by atoms with Crippen molar-refractivity contribution in [2.24, 2.45) is 0 Å². The van der Waals surface area contributed by atoms with Crippen LogP contribution in [0.3, 0.4) is 0 Å². The highest BCUT2D eigenvalue weighted by Gasteiger charge is 2.43. The Kier molecular flexibility index (Phi) is 4.43. The number of anilines is 2. The molecule has 0 spiro atoms. The van der Waals surface area contributed by atoms with E-state index in [0.29, 0.717) is 25.1 Å². The van der Waals surface area contributed by atoms with Gasteiger partial charge >= 0.3 is 6.18 Å². The first-order chi connectivity index (χ1) is 13.9. The second-order valence-corrected chi connectivity index (χ2v) is 7.71. The largest absolute Gasteiger partial charge is 0.419 e. The van der Waals surface area contributed by atoms with Gasteiger partial charge in [0.25, 0.3) is 0 Å². The van der Waals surface area contributed by atoms with Crippen molar-refractivity contribution in [2.75, 3.05) is 36.5 Å². The fourth-order valence-corrected chi connectivity index (χ4v) is 4.88. The quantitative estimate of drug-likeness (QED) is 0.730. The molecule has 154 valence electrons. The fourth-order valence-electron chi connectivity index (χ4n) is 4.88. The molecule has 0 aliphatic carbocycles. The highest BCUT2D eigenvalue weighted by molar-refractivity contribution is 5.69. The van der Waals surface area contributed by atoms with Crippen LogP contribution in [0, 0.1) is 5.82 Å². The van der Waals surface area contributed by atoms with Crippen molar-refractivity contribution in [1.29, 1.82) is 0 Å². The summed E-state index contributed by atoms with van der Waals surface area (Å²) in [7, 11) is 0. The molecular weight excluding hydrogens is 386 g/mol. The van der Waals surface area contributed by atoms with Crippen LogP contribution >= 0.6 is 0 Å². The number of halogens is 4. The number of benzene rings is 2. The number of nitrogens with zero attached hydrogens (tertiary/aromatic N) is 1. The van der Waals surface area contributed by atoms with Gasteiger partial charge in [-0.15, -0.1) is 0 Å². The monoisotopic (exact) mass is 407 g/mol. The number of hydrogen-bond donors (Lipinski definition) is 2. The summed E-state index contributed by atoms with van der Waals surface area (Å²) in [5.41, 5.74) is 1.64. The minimum absolute atomic E-state index is 0.215. The summed E-state index contributed by atoms with van der Waals surface area (Å²) in [6.45, 7) is 2.97. The van der Waals surface area contributed by atoms with E-state index >= 15 is 0 Å². The number of rotatable bonds is 2. The Morgan fingerprint density at radius 3 is 2.72 bits per heavy atom. The molecule has 3 atom stereocenters. The number of ether oxygens (including phenoxy) is 1. The van der Waals surface area contributed by atoms with E-state index in [2.05, 4.69) is 21.6 Å². The van der Waals surface area contributed by atoms with Crippen molar-refractivity contribution < 1.29 is 22.3 Å². The number of alkyl halides is 3. The van der Waals surface area contributed by atoms with Gasteiger partial charge in [0.1, 0.15) is 0 Å². The molecule has 0 amide bonds. The summed E-state index contributed by atoms with van der Waals surface area (Å²) in [5.74, 6) is -0.933. The van der Waals surface area contributed by atoms with Crippen LogP contribution in [0.25, 0.3) is 0 Å². The van der Waals surface area contributed by atoms with Gasteiger partial charge in [-0.1, -0.05) is 24.3 Å². The highest BCUT2D eigenvalue weighted by atomic mass is 19.4. The van der Waals surface area contributed by atoms with Crippen LogP contribution in [0.15, 0.2) is 36.4 Å². The summed E-state index contributed by atoms with van der Waals surface area (Å²) in [4.78, 5) is 2.36. The second kappa shape index (κ2) is 6.88. The SMILES string of the molecule is Fc1c(NC2OCCN3c4c2cccc4[C@@H]2CNCC[C@@H]23)cccc1C(F)(F)F. The van der Waals surface area contributed by atoms with E-state index in [4.69, 9.17) is 4.74 Å². The average Bonchev–Trinajstić information content (AvgIpc) is 2.89. The van der Waals surface area contributed by atoms with Crippen molar-refractivity contribution in [3.63, 3.8) is 0 Å². The minimum Gasteiger partial charge on any atom is -0.365 e. The van der Waals surface area contributed by atoms with E-state index in [-0.39, 0.29) is 5.69 Å². The molecule has 0 bridgehead atoms. The summed E-state index contributed by atoms with van der Waals surface area (Å²) >= 11 is 0. The van der Waals surface area contributed by atoms with Gasteiger partial charge in [-0.05, 0) is 30.7 Å². The Morgan fingerprint density at radius 1 is 1.10 bits per heavy atom. The second-order valence-electron chi connectivity index (χ2n) is 7.71. The minimum atomic E-state index is -4.75. The molecule has 5 rings (SSSR count). The predicted octanol–water partition coefficient (Wildman–Crippen LogP) is 4.25. The molecule has 2 N–H and O–H groups in total. The van der Waals surface area contributed by atoms with Crippen molar-refractivity contribution in [3.05, 3.63) is 58.9 Å². The third-order valence-electron chi connectivity index (χ3n) is 6.12. The van der Waals surface area contributed by atoms with Crippen LogP contribution in [0.1, 0.15) is 35.3 Å². The normalized spacial score (nSPS) is 25.9. The lowest BCUT2D eigenvalue weighted by Crippen LogP contribution is -2.44. The Hall–Kier alpha value is -2.32. The summed E-state index contributed by atoms with van der Waals surface area (Å²) < 4.78 is 59.7. The molecule has 1 unspecified atom stereocenters. The summed E-state index contributed by atoms with van der Waals surface area (Å²) in [6.07, 6.45) is -4.44. The zero-order valence-electron chi connectivity index (χ0n) is 15.6. The van der Waals surface area contributed by atoms with Gasteiger partial charge in [0, 0.05) is 36.3 Å². The third kappa shape index (κ3) is 3.05.